The minimum absolute atomic E-state index is 0.0500. The van der Waals surface area contributed by atoms with Gasteiger partial charge in [-0.25, -0.2) is 0 Å². The number of halogens is 1. The van der Waals surface area contributed by atoms with Crippen LogP contribution in [0, 0.1) is 6.92 Å². The molecule has 100 valence electrons. The van der Waals surface area contributed by atoms with Crippen LogP contribution < -0.4 is 5.32 Å². The van der Waals surface area contributed by atoms with Gasteiger partial charge in [-0.05, 0) is 30.7 Å². The topological polar surface area (TPSA) is 46.9 Å². The Morgan fingerprint density at radius 3 is 2.89 bits per heavy atom. The first-order valence-electron chi connectivity index (χ1n) is 5.73. The highest BCUT2D eigenvalue weighted by Gasteiger charge is 2.07. The van der Waals surface area contributed by atoms with Crippen LogP contribution in [0.2, 0.25) is 0 Å². The van der Waals surface area contributed by atoms with Gasteiger partial charge in [-0.3, -0.25) is 9.48 Å². The lowest BCUT2D eigenvalue weighted by Crippen LogP contribution is -2.14. The quantitative estimate of drug-likeness (QED) is 0.870. The number of thioether (sulfide) groups is 1. The van der Waals surface area contributed by atoms with Gasteiger partial charge >= 0.3 is 0 Å². The highest BCUT2D eigenvalue weighted by Crippen LogP contribution is 2.25. The fourth-order valence-electron chi connectivity index (χ4n) is 1.58. The Morgan fingerprint density at radius 2 is 2.26 bits per heavy atom. The molecule has 0 radical (unpaired) electrons. The van der Waals surface area contributed by atoms with E-state index < -0.39 is 0 Å². The van der Waals surface area contributed by atoms with Crippen molar-refractivity contribution in [3.63, 3.8) is 0 Å². The van der Waals surface area contributed by atoms with E-state index in [1.54, 1.807) is 16.9 Å². The van der Waals surface area contributed by atoms with Crippen LogP contribution in [0.1, 0.15) is 5.56 Å². The summed E-state index contributed by atoms with van der Waals surface area (Å²) in [7, 11) is 1.82. The van der Waals surface area contributed by atoms with Crippen molar-refractivity contribution in [1.82, 2.24) is 9.78 Å². The summed E-state index contributed by atoms with van der Waals surface area (Å²) >= 11 is 4.95. The molecule has 4 nitrogen and oxygen atoms in total. The molecule has 0 saturated carbocycles. The molecule has 0 aliphatic carbocycles. The minimum atomic E-state index is -0.0500. The molecule has 0 aliphatic heterocycles. The number of hydrogen-bond acceptors (Lipinski definition) is 3. The second-order valence-electron chi connectivity index (χ2n) is 4.12. The molecule has 0 saturated heterocycles. The van der Waals surface area contributed by atoms with Crippen molar-refractivity contribution in [1.29, 1.82) is 0 Å². The van der Waals surface area contributed by atoms with Crippen LogP contribution >= 0.6 is 27.7 Å². The third-order valence-electron chi connectivity index (χ3n) is 2.48. The molecule has 1 N–H and O–H groups in total. The van der Waals surface area contributed by atoms with Crippen molar-refractivity contribution in [2.45, 2.75) is 11.8 Å². The number of hydrogen-bond donors (Lipinski definition) is 1. The van der Waals surface area contributed by atoms with Gasteiger partial charge < -0.3 is 5.32 Å². The molecule has 0 unspecified atom stereocenters. The zero-order chi connectivity index (χ0) is 13.8. The number of aryl methyl sites for hydroxylation is 2. The zero-order valence-electron chi connectivity index (χ0n) is 10.7. The largest absolute Gasteiger partial charge is 0.308 e. The van der Waals surface area contributed by atoms with E-state index in [0.29, 0.717) is 11.6 Å². The Balaban J connectivity index is 1.89. The molecule has 0 aliphatic rings. The molecule has 2 aromatic rings. The number of nitrogens with one attached hydrogen (secondary N) is 1. The fraction of sp³-hybridized carbons (Fsp3) is 0.231. The van der Waals surface area contributed by atoms with E-state index in [1.807, 2.05) is 32.2 Å². The summed E-state index contributed by atoms with van der Waals surface area (Å²) in [5.74, 6) is 0.908. The Labute approximate surface area is 124 Å². The number of benzene rings is 1. The number of nitrogens with zero attached hydrogens (tertiary/aromatic N) is 2. The molecule has 1 heterocycles. The Bertz CT molecular complexity index is 597. The SMILES string of the molecule is Cc1cc(Br)ccc1SCC(=O)Nc1ccn(C)n1. The summed E-state index contributed by atoms with van der Waals surface area (Å²) in [5, 5.41) is 6.87. The van der Waals surface area contributed by atoms with E-state index in [-0.39, 0.29) is 5.91 Å². The predicted molar refractivity (Wildman–Crippen MR) is 81.4 cm³/mol. The van der Waals surface area contributed by atoms with Crippen molar-refractivity contribution in [3.05, 3.63) is 40.5 Å². The Kier molecular flexibility index (Phi) is 4.66. The third kappa shape index (κ3) is 4.11. The summed E-state index contributed by atoms with van der Waals surface area (Å²) < 4.78 is 2.70. The van der Waals surface area contributed by atoms with Crippen molar-refractivity contribution >= 4 is 39.4 Å². The van der Waals surface area contributed by atoms with Crippen LogP contribution in [0.15, 0.2) is 39.8 Å². The molecule has 0 spiro atoms. The number of aromatic nitrogens is 2. The van der Waals surface area contributed by atoms with E-state index in [4.69, 9.17) is 0 Å². The average Bonchev–Trinajstić information content (AvgIpc) is 2.73. The van der Waals surface area contributed by atoms with Crippen molar-refractivity contribution in [2.24, 2.45) is 7.05 Å². The smallest absolute Gasteiger partial charge is 0.235 e. The molecule has 2 rings (SSSR count). The summed E-state index contributed by atoms with van der Waals surface area (Å²) in [6, 6.07) is 7.80. The van der Waals surface area contributed by atoms with Gasteiger partial charge in [0, 0.05) is 28.7 Å². The van der Waals surface area contributed by atoms with Crippen LogP contribution in [-0.2, 0) is 11.8 Å². The monoisotopic (exact) mass is 339 g/mol. The lowest BCUT2D eigenvalue weighted by molar-refractivity contribution is -0.113. The number of carbonyl (C=O) groups is 1. The van der Waals surface area contributed by atoms with Gasteiger partial charge in [0.1, 0.15) is 0 Å². The normalized spacial score (nSPS) is 10.5. The van der Waals surface area contributed by atoms with Gasteiger partial charge in [-0.1, -0.05) is 15.9 Å². The van der Waals surface area contributed by atoms with Gasteiger partial charge in [-0.15, -0.1) is 11.8 Å². The van der Waals surface area contributed by atoms with E-state index >= 15 is 0 Å². The van der Waals surface area contributed by atoms with Gasteiger partial charge in [0.25, 0.3) is 0 Å². The van der Waals surface area contributed by atoms with E-state index in [2.05, 4.69) is 26.3 Å². The van der Waals surface area contributed by atoms with Crippen LogP contribution in [-0.4, -0.2) is 21.4 Å². The summed E-state index contributed by atoms with van der Waals surface area (Å²) in [6.07, 6.45) is 1.79. The van der Waals surface area contributed by atoms with Crippen molar-refractivity contribution in [3.8, 4) is 0 Å². The predicted octanol–water partition coefficient (Wildman–Crippen LogP) is 3.22. The summed E-state index contributed by atoms with van der Waals surface area (Å²) in [6.45, 7) is 2.03. The number of carbonyl (C=O) groups excluding carboxylic acids is 1. The second-order valence-corrected chi connectivity index (χ2v) is 6.05. The van der Waals surface area contributed by atoms with E-state index in [1.165, 1.54) is 11.8 Å². The average molecular weight is 340 g/mol. The first kappa shape index (κ1) is 14.1. The highest BCUT2D eigenvalue weighted by atomic mass is 79.9. The lowest BCUT2D eigenvalue weighted by Gasteiger charge is -2.06. The number of rotatable bonds is 4. The van der Waals surface area contributed by atoms with Crippen LogP contribution in [0.4, 0.5) is 5.82 Å². The number of amides is 1. The minimum Gasteiger partial charge on any atom is -0.308 e. The molecule has 0 bridgehead atoms. The Hall–Kier alpha value is -1.27. The molecule has 0 atom stereocenters. The molecular weight excluding hydrogens is 326 g/mol. The molecular formula is C13H14BrN3OS. The maximum Gasteiger partial charge on any atom is 0.235 e. The Morgan fingerprint density at radius 1 is 1.47 bits per heavy atom. The second kappa shape index (κ2) is 6.25. The number of anilines is 1. The summed E-state index contributed by atoms with van der Waals surface area (Å²) in [5.41, 5.74) is 1.16. The standard InChI is InChI=1S/C13H14BrN3OS/c1-9-7-10(14)3-4-11(9)19-8-13(18)15-12-5-6-17(2)16-12/h3-7H,8H2,1-2H3,(H,15,16,18). The van der Waals surface area contributed by atoms with E-state index in [9.17, 15) is 4.79 Å². The van der Waals surface area contributed by atoms with Crippen LogP contribution in [0.5, 0.6) is 0 Å². The van der Waals surface area contributed by atoms with Gasteiger partial charge in [0.2, 0.25) is 5.91 Å². The zero-order valence-corrected chi connectivity index (χ0v) is 13.1. The molecule has 1 aromatic heterocycles. The molecule has 1 aromatic carbocycles. The van der Waals surface area contributed by atoms with Crippen molar-refractivity contribution < 1.29 is 4.79 Å². The molecule has 6 heteroatoms. The van der Waals surface area contributed by atoms with Crippen LogP contribution in [0.25, 0.3) is 0 Å². The van der Waals surface area contributed by atoms with E-state index in [0.717, 1.165) is 14.9 Å². The van der Waals surface area contributed by atoms with Gasteiger partial charge in [-0.2, -0.15) is 5.10 Å². The van der Waals surface area contributed by atoms with Gasteiger partial charge in [0.05, 0.1) is 5.75 Å². The highest BCUT2D eigenvalue weighted by molar-refractivity contribution is 9.10. The van der Waals surface area contributed by atoms with Crippen LogP contribution in [0.3, 0.4) is 0 Å². The molecule has 0 fully saturated rings. The molecule has 1 amide bonds. The third-order valence-corrected chi connectivity index (χ3v) is 4.15. The maximum absolute atomic E-state index is 11.8. The van der Waals surface area contributed by atoms with Gasteiger partial charge in [0.15, 0.2) is 5.82 Å². The first-order chi connectivity index (χ1) is 9.04. The molecule has 19 heavy (non-hydrogen) atoms. The summed E-state index contributed by atoms with van der Waals surface area (Å²) in [4.78, 5) is 12.9. The fourth-order valence-corrected chi connectivity index (χ4v) is 2.86. The first-order valence-corrected chi connectivity index (χ1v) is 7.51. The lowest BCUT2D eigenvalue weighted by atomic mass is 10.2. The van der Waals surface area contributed by atoms with Crippen molar-refractivity contribution in [2.75, 3.05) is 11.1 Å². The maximum atomic E-state index is 11.8.